The average Bonchev–Trinajstić information content (AvgIpc) is 3.06. The second kappa shape index (κ2) is 16.0. The molecule has 0 amide bonds. The largest absolute Gasteiger partial charge is 0.493 e. The summed E-state index contributed by atoms with van der Waals surface area (Å²) in [7, 11) is 0. The zero-order chi connectivity index (χ0) is 31.6. The van der Waals surface area contributed by atoms with Gasteiger partial charge in [0.05, 0.1) is 6.61 Å². The van der Waals surface area contributed by atoms with Gasteiger partial charge in [-0.1, -0.05) is 104 Å². The molecule has 3 nitrogen and oxygen atoms in total. The highest BCUT2D eigenvalue weighted by Crippen LogP contribution is 2.42. The summed E-state index contributed by atoms with van der Waals surface area (Å²) in [6.45, 7) is 11.4. The van der Waals surface area contributed by atoms with E-state index in [1.165, 1.54) is 41.6 Å². The molecule has 4 aromatic rings. The highest BCUT2D eigenvalue weighted by atomic mass is 35.5. The normalized spacial score (nSPS) is 14.2. The van der Waals surface area contributed by atoms with Gasteiger partial charge in [-0.25, -0.2) is 0 Å². The summed E-state index contributed by atoms with van der Waals surface area (Å²) in [5, 5.41) is 0.728. The monoisotopic (exact) mass is 618 g/mol. The summed E-state index contributed by atoms with van der Waals surface area (Å²) in [6, 6.07) is 29.8. The van der Waals surface area contributed by atoms with Gasteiger partial charge in [0.25, 0.3) is 0 Å². The van der Waals surface area contributed by atoms with Crippen molar-refractivity contribution in [2.45, 2.75) is 72.1 Å². The van der Waals surface area contributed by atoms with Crippen LogP contribution in [-0.2, 0) is 4.74 Å². The van der Waals surface area contributed by atoms with E-state index in [0.29, 0.717) is 6.61 Å². The van der Waals surface area contributed by atoms with Gasteiger partial charge in [0.2, 0.25) is 0 Å². The number of aryl methyl sites for hydroxylation is 2. The molecule has 0 saturated carbocycles. The highest BCUT2D eigenvalue weighted by Gasteiger charge is 2.27. The Balaban J connectivity index is 1.59. The number of hydrogen-bond acceptors (Lipinski definition) is 3. The molecule has 1 aliphatic heterocycles. The predicted molar refractivity (Wildman–Crippen MR) is 191 cm³/mol. The molecule has 0 unspecified atom stereocenters. The molecule has 1 fully saturated rings. The Morgan fingerprint density at radius 2 is 1.42 bits per heavy atom. The van der Waals surface area contributed by atoms with Crippen molar-refractivity contribution < 1.29 is 4.74 Å². The maximum absolute atomic E-state index is 6.85. The summed E-state index contributed by atoms with van der Waals surface area (Å²) in [6.07, 6.45) is 11.0. The minimum Gasteiger partial charge on any atom is -0.493 e. The molecule has 234 valence electrons. The quantitative estimate of drug-likeness (QED) is 0.148. The first-order valence-corrected chi connectivity index (χ1v) is 17.0. The van der Waals surface area contributed by atoms with Gasteiger partial charge in [-0.15, -0.1) is 0 Å². The van der Waals surface area contributed by atoms with Crippen LogP contribution in [0.25, 0.3) is 22.6 Å². The number of allylic oxidation sites excluding steroid dienone is 2. The SMILES string of the molecule is CC/C=C(/c1c(C)nc(C)c(/C(=C\CC)OCCC(c2ccccc2)c2ccccc2)c1-c1cccc(Cl)c1)N1CCCCC1. The molecule has 0 N–H and O–H groups in total. The van der Waals surface area contributed by atoms with E-state index in [1.807, 2.05) is 6.07 Å². The molecule has 3 aromatic carbocycles. The molecule has 5 rings (SSSR count). The lowest BCUT2D eigenvalue weighted by atomic mass is 9.88. The van der Waals surface area contributed by atoms with Crippen molar-refractivity contribution in [1.82, 2.24) is 9.88 Å². The smallest absolute Gasteiger partial charge is 0.124 e. The van der Waals surface area contributed by atoms with Gasteiger partial charge in [0.15, 0.2) is 0 Å². The first-order valence-electron chi connectivity index (χ1n) is 16.7. The zero-order valence-electron chi connectivity index (χ0n) is 27.4. The van der Waals surface area contributed by atoms with Gasteiger partial charge >= 0.3 is 0 Å². The lowest BCUT2D eigenvalue weighted by Gasteiger charge is -2.34. The molecule has 0 aliphatic carbocycles. The van der Waals surface area contributed by atoms with E-state index in [0.717, 1.165) is 71.2 Å². The third-order valence-electron chi connectivity index (χ3n) is 8.73. The van der Waals surface area contributed by atoms with E-state index in [4.69, 9.17) is 21.3 Å². The van der Waals surface area contributed by atoms with Crippen molar-refractivity contribution in [3.8, 4) is 11.1 Å². The van der Waals surface area contributed by atoms with E-state index < -0.39 is 0 Å². The Morgan fingerprint density at radius 1 is 0.800 bits per heavy atom. The number of pyridine rings is 1. The van der Waals surface area contributed by atoms with Crippen LogP contribution in [0.15, 0.2) is 97.1 Å². The number of nitrogens with zero attached hydrogens (tertiary/aromatic N) is 2. The van der Waals surface area contributed by atoms with Gasteiger partial charge in [-0.3, -0.25) is 4.98 Å². The second-order valence-corrected chi connectivity index (χ2v) is 12.4. The van der Waals surface area contributed by atoms with Crippen LogP contribution >= 0.6 is 11.6 Å². The van der Waals surface area contributed by atoms with Gasteiger partial charge < -0.3 is 9.64 Å². The van der Waals surface area contributed by atoms with E-state index in [-0.39, 0.29) is 5.92 Å². The van der Waals surface area contributed by atoms with Gasteiger partial charge in [-0.05, 0) is 87.3 Å². The minimum atomic E-state index is 0.244. The summed E-state index contributed by atoms with van der Waals surface area (Å²) in [5.41, 5.74) is 10.4. The lowest BCUT2D eigenvalue weighted by molar-refractivity contribution is 0.264. The summed E-state index contributed by atoms with van der Waals surface area (Å²) in [4.78, 5) is 7.77. The van der Waals surface area contributed by atoms with Crippen molar-refractivity contribution in [3.05, 3.63) is 136 Å². The van der Waals surface area contributed by atoms with Crippen LogP contribution in [0.2, 0.25) is 5.02 Å². The van der Waals surface area contributed by atoms with Crippen molar-refractivity contribution >= 4 is 23.1 Å². The Hall–Kier alpha value is -3.82. The molecule has 4 heteroatoms. The fraction of sp³-hybridized carbons (Fsp3) is 0.341. The maximum atomic E-state index is 6.85. The Bertz CT molecular complexity index is 1560. The first-order chi connectivity index (χ1) is 22.0. The molecular formula is C41H47ClN2O. The topological polar surface area (TPSA) is 25.4 Å². The number of likely N-dealkylation sites (tertiary alicyclic amines) is 1. The third-order valence-corrected chi connectivity index (χ3v) is 8.96. The number of piperidine rings is 1. The number of halogens is 1. The van der Waals surface area contributed by atoms with Crippen molar-refractivity contribution in [1.29, 1.82) is 0 Å². The molecular weight excluding hydrogens is 572 g/mol. The summed E-state index contributed by atoms with van der Waals surface area (Å²) < 4.78 is 6.85. The molecule has 1 saturated heterocycles. The van der Waals surface area contributed by atoms with Crippen LogP contribution in [0.5, 0.6) is 0 Å². The van der Waals surface area contributed by atoms with E-state index in [2.05, 4.69) is 124 Å². The van der Waals surface area contributed by atoms with E-state index in [9.17, 15) is 0 Å². The van der Waals surface area contributed by atoms with Crippen LogP contribution in [-0.4, -0.2) is 29.6 Å². The minimum absolute atomic E-state index is 0.244. The van der Waals surface area contributed by atoms with Crippen LogP contribution in [0.4, 0.5) is 0 Å². The molecule has 0 bridgehead atoms. The average molecular weight is 619 g/mol. The second-order valence-electron chi connectivity index (χ2n) is 12.0. The van der Waals surface area contributed by atoms with Crippen LogP contribution in [0.3, 0.4) is 0 Å². The van der Waals surface area contributed by atoms with Crippen LogP contribution < -0.4 is 0 Å². The number of hydrogen-bond donors (Lipinski definition) is 0. The molecule has 2 heterocycles. The number of benzene rings is 3. The van der Waals surface area contributed by atoms with Gasteiger partial charge in [0.1, 0.15) is 5.76 Å². The molecule has 1 aliphatic rings. The number of rotatable bonds is 12. The van der Waals surface area contributed by atoms with Crippen molar-refractivity contribution in [2.24, 2.45) is 0 Å². The Morgan fingerprint density at radius 3 is 2.02 bits per heavy atom. The third kappa shape index (κ3) is 7.89. The van der Waals surface area contributed by atoms with Crippen molar-refractivity contribution in [3.63, 3.8) is 0 Å². The predicted octanol–water partition coefficient (Wildman–Crippen LogP) is 11.2. The highest BCUT2D eigenvalue weighted by molar-refractivity contribution is 6.30. The van der Waals surface area contributed by atoms with E-state index >= 15 is 0 Å². The fourth-order valence-corrected chi connectivity index (χ4v) is 6.91. The molecule has 1 aromatic heterocycles. The molecule has 0 spiro atoms. The van der Waals surface area contributed by atoms with Gasteiger partial charge in [-0.2, -0.15) is 0 Å². The Labute approximate surface area is 275 Å². The summed E-state index contributed by atoms with van der Waals surface area (Å²) in [5.74, 6) is 1.14. The number of aromatic nitrogens is 1. The fourth-order valence-electron chi connectivity index (χ4n) is 6.72. The van der Waals surface area contributed by atoms with Crippen LogP contribution in [0, 0.1) is 13.8 Å². The molecule has 0 radical (unpaired) electrons. The van der Waals surface area contributed by atoms with Crippen LogP contribution in [0.1, 0.15) is 91.9 Å². The maximum Gasteiger partial charge on any atom is 0.124 e. The number of ether oxygens (including phenoxy) is 1. The zero-order valence-corrected chi connectivity index (χ0v) is 28.1. The van der Waals surface area contributed by atoms with E-state index in [1.54, 1.807) is 0 Å². The van der Waals surface area contributed by atoms with Crippen molar-refractivity contribution in [2.75, 3.05) is 19.7 Å². The summed E-state index contributed by atoms with van der Waals surface area (Å²) >= 11 is 6.66. The standard InChI is InChI=1S/C41H47ClN2O/c1-5-17-37(44-26-14-9-15-27-44)39-30(3)43-31(4)40(41(39)34-23-16-24-35(42)29-34)38(18-6-2)45-28-25-36(32-19-10-7-11-20-32)33-21-12-8-13-22-33/h7-8,10-13,16-24,29,36H,5-6,9,14-15,25-28H2,1-4H3/b37-17-,38-18+. The van der Waals surface area contributed by atoms with Gasteiger partial charge in [0, 0.05) is 57.8 Å². The molecule has 45 heavy (non-hydrogen) atoms. The molecule has 0 atom stereocenters. The first kappa shape index (κ1) is 32.6. The Kier molecular flexibility index (Phi) is 11.5. The lowest BCUT2D eigenvalue weighted by Crippen LogP contribution is -2.29.